The fourth-order valence-electron chi connectivity index (χ4n) is 3.67. The van der Waals surface area contributed by atoms with Crippen LogP contribution in [0.3, 0.4) is 0 Å². The second kappa shape index (κ2) is 12.4. The number of ether oxygens (including phenoxy) is 1. The number of methoxy groups -OCH3 is 1. The van der Waals surface area contributed by atoms with Crippen molar-refractivity contribution in [3.8, 4) is 0 Å². The number of aryl methyl sites for hydroxylation is 2. The van der Waals surface area contributed by atoms with Gasteiger partial charge >= 0.3 is 0 Å². The molecule has 30 heavy (non-hydrogen) atoms. The van der Waals surface area contributed by atoms with E-state index in [1.54, 1.807) is 7.11 Å². The van der Waals surface area contributed by atoms with Crippen molar-refractivity contribution in [3.63, 3.8) is 0 Å². The molecule has 1 heterocycles. The molecule has 2 N–H and O–H groups in total. The average molecular weight is 414 g/mol. The minimum atomic E-state index is -0.346. The molecule has 0 spiro atoms. The second-order valence-corrected chi connectivity index (χ2v) is 8.05. The highest BCUT2D eigenvalue weighted by atomic mass is 16.5. The Bertz CT molecular complexity index is 780. The van der Waals surface area contributed by atoms with Gasteiger partial charge in [0.05, 0.1) is 11.8 Å². The summed E-state index contributed by atoms with van der Waals surface area (Å²) in [5.74, 6) is -0.647. The molecule has 0 aliphatic carbocycles. The third-order valence-electron chi connectivity index (χ3n) is 5.43. The first kappa shape index (κ1) is 24.0. The van der Waals surface area contributed by atoms with E-state index in [1.165, 1.54) is 5.56 Å². The first-order chi connectivity index (χ1) is 14.4. The highest BCUT2D eigenvalue weighted by molar-refractivity contribution is 5.77. The van der Waals surface area contributed by atoms with Gasteiger partial charge in [0.15, 0.2) is 0 Å². The number of unbranched alkanes of at least 4 members (excludes halogenated alkanes) is 1. The van der Waals surface area contributed by atoms with Crippen LogP contribution in [0.15, 0.2) is 42.5 Å². The number of nitrogens with one attached hydrogen (secondary N) is 1. The second-order valence-electron chi connectivity index (χ2n) is 8.05. The zero-order valence-electron chi connectivity index (χ0n) is 18.6. The van der Waals surface area contributed by atoms with Crippen LogP contribution in [0, 0.1) is 19.8 Å². The average Bonchev–Trinajstić information content (AvgIpc) is 2.73. The molecule has 6 nitrogen and oxygen atoms in total. The van der Waals surface area contributed by atoms with Crippen LogP contribution < -0.4 is 5.48 Å². The molecule has 1 aromatic heterocycles. The van der Waals surface area contributed by atoms with Crippen molar-refractivity contribution in [2.75, 3.05) is 20.7 Å². The zero-order valence-corrected chi connectivity index (χ0v) is 18.6. The number of benzene rings is 1. The SMILES string of the molecule is CO[C@H](C[C@H](CCCCN(C)Cc1cccc(C)n1)C(=O)NO)c1ccc(C)cc1. The highest BCUT2D eigenvalue weighted by Gasteiger charge is 2.23. The van der Waals surface area contributed by atoms with Gasteiger partial charge in [0.1, 0.15) is 0 Å². The third kappa shape index (κ3) is 7.86. The fraction of sp³-hybridized carbons (Fsp3) is 0.500. The molecular weight excluding hydrogens is 378 g/mol. The van der Waals surface area contributed by atoms with Crippen LogP contribution in [-0.4, -0.2) is 41.7 Å². The van der Waals surface area contributed by atoms with Crippen LogP contribution in [-0.2, 0) is 16.1 Å². The van der Waals surface area contributed by atoms with Crippen LogP contribution in [0.2, 0.25) is 0 Å². The van der Waals surface area contributed by atoms with Gasteiger partial charge in [-0.05, 0) is 64.4 Å². The highest BCUT2D eigenvalue weighted by Crippen LogP contribution is 2.28. The summed E-state index contributed by atoms with van der Waals surface area (Å²) in [7, 11) is 3.74. The summed E-state index contributed by atoms with van der Waals surface area (Å²) in [4.78, 5) is 19.0. The lowest BCUT2D eigenvalue weighted by Crippen LogP contribution is -2.29. The van der Waals surface area contributed by atoms with Gasteiger partial charge in [0, 0.05) is 25.3 Å². The predicted molar refractivity (Wildman–Crippen MR) is 118 cm³/mol. The minimum Gasteiger partial charge on any atom is -0.377 e. The van der Waals surface area contributed by atoms with Gasteiger partial charge in [0.2, 0.25) is 5.91 Å². The monoisotopic (exact) mass is 413 g/mol. The molecule has 0 bridgehead atoms. The molecule has 0 radical (unpaired) electrons. The summed E-state index contributed by atoms with van der Waals surface area (Å²) in [6.45, 7) is 5.77. The van der Waals surface area contributed by atoms with E-state index in [0.29, 0.717) is 12.8 Å². The molecule has 1 amide bonds. The topological polar surface area (TPSA) is 74.7 Å². The van der Waals surface area contributed by atoms with Gasteiger partial charge in [-0.15, -0.1) is 0 Å². The van der Waals surface area contributed by atoms with Crippen LogP contribution in [0.5, 0.6) is 0 Å². The number of carbonyl (C=O) groups is 1. The Balaban J connectivity index is 1.84. The number of amides is 1. The van der Waals surface area contributed by atoms with E-state index in [4.69, 9.17) is 4.74 Å². The van der Waals surface area contributed by atoms with Crippen molar-refractivity contribution < 1.29 is 14.7 Å². The number of hydrogen-bond acceptors (Lipinski definition) is 5. The number of pyridine rings is 1. The van der Waals surface area contributed by atoms with E-state index in [0.717, 1.165) is 42.9 Å². The summed E-state index contributed by atoms with van der Waals surface area (Å²) < 4.78 is 5.65. The molecule has 0 unspecified atom stereocenters. The number of rotatable bonds is 12. The van der Waals surface area contributed by atoms with Crippen LogP contribution >= 0.6 is 0 Å². The Kier molecular flexibility index (Phi) is 9.94. The maximum atomic E-state index is 12.2. The summed E-state index contributed by atoms with van der Waals surface area (Å²) in [5.41, 5.74) is 6.15. The van der Waals surface area contributed by atoms with E-state index in [2.05, 4.69) is 16.9 Å². The Morgan fingerprint density at radius 2 is 1.90 bits per heavy atom. The molecule has 0 fully saturated rings. The van der Waals surface area contributed by atoms with Gasteiger partial charge in [0.25, 0.3) is 0 Å². The van der Waals surface area contributed by atoms with Crippen molar-refractivity contribution >= 4 is 5.91 Å². The van der Waals surface area contributed by atoms with E-state index in [9.17, 15) is 10.0 Å². The summed E-state index contributed by atoms with van der Waals surface area (Å²) in [5, 5.41) is 9.17. The molecule has 2 aromatic rings. The van der Waals surface area contributed by atoms with Crippen LogP contribution in [0.4, 0.5) is 0 Å². The molecule has 2 atom stereocenters. The van der Waals surface area contributed by atoms with Crippen LogP contribution in [0.25, 0.3) is 0 Å². The first-order valence-corrected chi connectivity index (χ1v) is 10.6. The maximum Gasteiger partial charge on any atom is 0.246 e. The lowest BCUT2D eigenvalue weighted by atomic mass is 9.91. The Labute approximate surface area is 180 Å². The largest absolute Gasteiger partial charge is 0.377 e. The Morgan fingerprint density at radius 3 is 2.53 bits per heavy atom. The number of nitrogens with zero attached hydrogens (tertiary/aromatic N) is 2. The lowest BCUT2D eigenvalue weighted by Gasteiger charge is -2.22. The standard InChI is InChI=1S/C24H35N3O3/c1-18-11-13-20(14-12-18)23(30-4)16-21(24(28)26-29)9-5-6-15-27(3)17-22-10-7-8-19(2)25-22/h7-8,10-14,21,23,29H,5-6,9,15-17H2,1-4H3,(H,26,28)/t21-,23+/m0/s1. The molecule has 2 rings (SSSR count). The summed E-state index contributed by atoms with van der Waals surface area (Å²) in [6.07, 6.45) is 2.93. The fourth-order valence-corrected chi connectivity index (χ4v) is 3.67. The minimum absolute atomic E-state index is 0.178. The molecule has 6 heteroatoms. The normalized spacial score (nSPS) is 13.3. The Morgan fingerprint density at radius 1 is 1.17 bits per heavy atom. The molecule has 0 saturated carbocycles. The van der Waals surface area contributed by atoms with Crippen molar-refractivity contribution in [1.29, 1.82) is 0 Å². The molecule has 0 aliphatic rings. The maximum absolute atomic E-state index is 12.2. The van der Waals surface area contributed by atoms with Crippen molar-refractivity contribution in [3.05, 3.63) is 65.0 Å². The molecule has 1 aromatic carbocycles. The number of hydrogen-bond donors (Lipinski definition) is 2. The van der Waals surface area contributed by atoms with Gasteiger partial charge in [-0.3, -0.25) is 15.0 Å². The van der Waals surface area contributed by atoms with E-state index in [1.807, 2.05) is 61.8 Å². The van der Waals surface area contributed by atoms with Gasteiger partial charge in [-0.25, -0.2) is 5.48 Å². The van der Waals surface area contributed by atoms with Gasteiger partial charge < -0.3 is 9.64 Å². The molecular formula is C24H35N3O3. The first-order valence-electron chi connectivity index (χ1n) is 10.6. The molecule has 0 saturated heterocycles. The van der Waals surface area contributed by atoms with Crippen molar-refractivity contribution in [2.45, 2.75) is 52.2 Å². The van der Waals surface area contributed by atoms with Crippen molar-refractivity contribution in [2.24, 2.45) is 5.92 Å². The van der Waals surface area contributed by atoms with Crippen molar-refractivity contribution in [1.82, 2.24) is 15.4 Å². The predicted octanol–water partition coefficient (Wildman–Crippen LogP) is 4.20. The number of hydroxylamine groups is 1. The quantitative estimate of drug-likeness (QED) is 0.310. The Hall–Kier alpha value is -2.28. The lowest BCUT2D eigenvalue weighted by molar-refractivity contribution is -0.135. The van der Waals surface area contributed by atoms with Crippen LogP contribution in [0.1, 0.15) is 54.3 Å². The smallest absolute Gasteiger partial charge is 0.246 e. The molecule has 0 aliphatic heterocycles. The number of aromatic nitrogens is 1. The van der Waals surface area contributed by atoms with Gasteiger partial charge in [-0.2, -0.15) is 0 Å². The molecule has 164 valence electrons. The number of carbonyl (C=O) groups excluding carboxylic acids is 1. The van der Waals surface area contributed by atoms with E-state index >= 15 is 0 Å². The third-order valence-corrected chi connectivity index (χ3v) is 5.43. The summed E-state index contributed by atoms with van der Waals surface area (Å²) in [6, 6.07) is 14.2. The summed E-state index contributed by atoms with van der Waals surface area (Å²) >= 11 is 0. The van der Waals surface area contributed by atoms with E-state index < -0.39 is 0 Å². The van der Waals surface area contributed by atoms with Gasteiger partial charge in [-0.1, -0.05) is 42.3 Å². The van der Waals surface area contributed by atoms with E-state index in [-0.39, 0.29) is 17.9 Å². The zero-order chi connectivity index (χ0) is 21.9.